The van der Waals surface area contributed by atoms with Crippen molar-refractivity contribution in [2.75, 3.05) is 0 Å². The van der Waals surface area contributed by atoms with Gasteiger partial charge in [-0.05, 0) is 29.8 Å². The molecule has 1 aromatic carbocycles. The first kappa shape index (κ1) is 10.4. The normalized spacial score (nSPS) is 10.3. The summed E-state index contributed by atoms with van der Waals surface area (Å²) in [5, 5.41) is 9.11. The van der Waals surface area contributed by atoms with Crippen molar-refractivity contribution in [2.24, 2.45) is 0 Å². The van der Waals surface area contributed by atoms with Gasteiger partial charge in [-0.2, -0.15) is 10.2 Å². The molecule has 2 rings (SSSR count). The fourth-order valence-corrected chi connectivity index (χ4v) is 1.84. The van der Waals surface area contributed by atoms with E-state index in [2.05, 4.69) is 10.2 Å². The predicted octanol–water partition coefficient (Wildman–Crippen LogP) is 3.37. The topological polar surface area (TPSA) is 25.8 Å². The second-order valence-electron chi connectivity index (χ2n) is 3.09. The third-order valence-electron chi connectivity index (χ3n) is 2.05. The van der Waals surface area contributed by atoms with Gasteiger partial charge in [-0.25, -0.2) is 0 Å². The summed E-state index contributed by atoms with van der Waals surface area (Å²) in [4.78, 5) is 0. The molecule has 4 heteroatoms. The fraction of sp³-hybridized carbons (Fsp3) is 0.0909. The smallest absolute Gasteiger partial charge is 0.0675 e. The summed E-state index contributed by atoms with van der Waals surface area (Å²) < 4.78 is 0. The first-order valence-electron chi connectivity index (χ1n) is 4.47. The average molecular weight is 239 g/mol. The summed E-state index contributed by atoms with van der Waals surface area (Å²) >= 11 is 12.1. The Morgan fingerprint density at radius 1 is 1.00 bits per heavy atom. The lowest BCUT2D eigenvalue weighted by Crippen LogP contribution is -1.95. The van der Waals surface area contributed by atoms with Crippen LogP contribution in [0.25, 0.3) is 0 Å². The van der Waals surface area contributed by atoms with Crippen LogP contribution in [0.15, 0.2) is 36.5 Å². The molecule has 0 radical (unpaired) electrons. The molecule has 0 saturated heterocycles. The first-order chi connectivity index (χ1) is 7.27. The molecule has 0 aliphatic carbocycles. The number of benzene rings is 1. The van der Waals surface area contributed by atoms with E-state index in [9.17, 15) is 0 Å². The van der Waals surface area contributed by atoms with Gasteiger partial charge in [-0.3, -0.25) is 0 Å². The molecule has 2 aromatic rings. The summed E-state index contributed by atoms with van der Waals surface area (Å²) in [5.41, 5.74) is 1.74. The lowest BCUT2D eigenvalue weighted by atomic mass is 10.1. The molecular formula is C11H8Cl2N2. The van der Waals surface area contributed by atoms with Gasteiger partial charge in [-0.1, -0.05) is 29.3 Å². The van der Waals surface area contributed by atoms with Crippen LogP contribution in [0.3, 0.4) is 0 Å². The zero-order chi connectivity index (χ0) is 10.7. The molecule has 0 N–H and O–H groups in total. The number of hydrogen-bond acceptors (Lipinski definition) is 2. The van der Waals surface area contributed by atoms with Crippen LogP contribution in [0.1, 0.15) is 11.3 Å². The molecule has 0 saturated carbocycles. The molecule has 1 aromatic heterocycles. The summed E-state index contributed by atoms with van der Waals surface area (Å²) in [6, 6.07) is 9.20. The Bertz CT molecular complexity index is 437. The standard InChI is InChI=1S/C11H8Cl2N2/c12-10-4-1-5-11(13)9(10)7-8-3-2-6-14-15-8/h1-6H,7H2. The second-order valence-corrected chi connectivity index (χ2v) is 3.91. The van der Waals surface area contributed by atoms with Crippen LogP contribution in [-0.4, -0.2) is 10.2 Å². The third-order valence-corrected chi connectivity index (χ3v) is 2.76. The highest BCUT2D eigenvalue weighted by Gasteiger charge is 2.06. The Hall–Kier alpha value is -1.12. The molecule has 0 bridgehead atoms. The van der Waals surface area contributed by atoms with E-state index < -0.39 is 0 Å². The number of aromatic nitrogens is 2. The zero-order valence-electron chi connectivity index (χ0n) is 7.82. The van der Waals surface area contributed by atoms with Gasteiger partial charge in [0, 0.05) is 22.7 Å². The second kappa shape index (κ2) is 4.60. The highest BCUT2D eigenvalue weighted by Crippen LogP contribution is 2.25. The molecule has 15 heavy (non-hydrogen) atoms. The Balaban J connectivity index is 2.32. The monoisotopic (exact) mass is 238 g/mol. The van der Waals surface area contributed by atoms with Crippen LogP contribution >= 0.6 is 23.2 Å². The molecule has 0 atom stereocenters. The van der Waals surface area contributed by atoms with Crippen molar-refractivity contribution < 1.29 is 0 Å². The molecule has 0 amide bonds. The molecule has 1 heterocycles. The van der Waals surface area contributed by atoms with Crippen molar-refractivity contribution in [3.8, 4) is 0 Å². The maximum atomic E-state index is 6.05. The average Bonchev–Trinajstić information content (AvgIpc) is 2.25. The van der Waals surface area contributed by atoms with Gasteiger partial charge in [0.05, 0.1) is 5.69 Å². The molecular weight excluding hydrogens is 231 g/mol. The van der Waals surface area contributed by atoms with E-state index in [-0.39, 0.29) is 0 Å². The van der Waals surface area contributed by atoms with Gasteiger partial charge in [0.15, 0.2) is 0 Å². The zero-order valence-corrected chi connectivity index (χ0v) is 9.33. The summed E-state index contributed by atoms with van der Waals surface area (Å²) in [6.07, 6.45) is 2.24. The van der Waals surface area contributed by atoms with Gasteiger partial charge in [0.1, 0.15) is 0 Å². The van der Waals surface area contributed by atoms with Gasteiger partial charge in [0.25, 0.3) is 0 Å². The van der Waals surface area contributed by atoms with E-state index >= 15 is 0 Å². The van der Waals surface area contributed by atoms with E-state index in [0.717, 1.165) is 11.3 Å². The Morgan fingerprint density at radius 3 is 2.33 bits per heavy atom. The van der Waals surface area contributed by atoms with Crippen molar-refractivity contribution in [1.29, 1.82) is 0 Å². The van der Waals surface area contributed by atoms with Crippen molar-refractivity contribution >= 4 is 23.2 Å². The van der Waals surface area contributed by atoms with Crippen molar-refractivity contribution in [1.82, 2.24) is 10.2 Å². The van der Waals surface area contributed by atoms with E-state index in [4.69, 9.17) is 23.2 Å². The molecule has 2 nitrogen and oxygen atoms in total. The van der Waals surface area contributed by atoms with Crippen LogP contribution in [-0.2, 0) is 6.42 Å². The molecule has 0 aliphatic rings. The number of rotatable bonds is 2. The third kappa shape index (κ3) is 2.46. The van der Waals surface area contributed by atoms with Gasteiger partial charge in [-0.15, -0.1) is 0 Å². The summed E-state index contributed by atoms with van der Waals surface area (Å²) in [6.45, 7) is 0. The minimum absolute atomic E-state index is 0.604. The molecule has 76 valence electrons. The van der Waals surface area contributed by atoms with Gasteiger partial charge in [0.2, 0.25) is 0 Å². The quantitative estimate of drug-likeness (QED) is 0.802. The predicted molar refractivity (Wildman–Crippen MR) is 61.3 cm³/mol. The molecule has 0 fully saturated rings. The molecule has 0 spiro atoms. The van der Waals surface area contributed by atoms with Gasteiger partial charge < -0.3 is 0 Å². The minimum atomic E-state index is 0.604. The minimum Gasteiger partial charge on any atom is -0.159 e. The van der Waals surface area contributed by atoms with Crippen LogP contribution in [0.4, 0.5) is 0 Å². The van der Waals surface area contributed by atoms with Crippen LogP contribution < -0.4 is 0 Å². The summed E-state index contributed by atoms with van der Waals surface area (Å²) in [7, 11) is 0. The van der Waals surface area contributed by atoms with Crippen molar-refractivity contribution in [3.63, 3.8) is 0 Å². The number of hydrogen-bond donors (Lipinski definition) is 0. The van der Waals surface area contributed by atoms with E-state index in [1.54, 1.807) is 6.20 Å². The van der Waals surface area contributed by atoms with E-state index in [1.165, 1.54) is 0 Å². The van der Waals surface area contributed by atoms with Crippen molar-refractivity contribution in [2.45, 2.75) is 6.42 Å². The molecule has 0 unspecified atom stereocenters. The maximum Gasteiger partial charge on any atom is 0.0675 e. The number of halogens is 2. The first-order valence-corrected chi connectivity index (χ1v) is 5.22. The van der Waals surface area contributed by atoms with E-state index in [0.29, 0.717) is 16.5 Å². The highest BCUT2D eigenvalue weighted by atomic mass is 35.5. The van der Waals surface area contributed by atoms with Gasteiger partial charge >= 0.3 is 0 Å². The summed E-state index contributed by atoms with van der Waals surface area (Å²) in [5.74, 6) is 0. The van der Waals surface area contributed by atoms with E-state index in [1.807, 2.05) is 30.3 Å². The largest absolute Gasteiger partial charge is 0.159 e. The van der Waals surface area contributed by atoms with Crippen LogP contribution in [0.2, 0.25) is 10.0 Å². The number of nitrogens with zero attached hydrogens (tertiary/aromatic N) is 2. The van der Waals surface area contributed by atoms with Crippen LogP contribution in [0, 0.1) is 0 Å². The molecule has 0 aliphatic heterocycles. The lowest BCUT2D eigenvalue weighted by molar-refractivity contribution is 0.937. The Morgan fingerprint density at radius 2 is 1.73 bits per heavy atom. The Labute approximate surface area is 97.9 Å². The highest BCUT2D eigenvalue weighted by molar-refractivity contribution is 6.36. The van der Waals surface area contributed by atoms with Crippen LogP contribution in [0.5, 0.6) is 0 Å². The fourth-order valence-electron chi connectivity index (χ4n) is 1.31. The maximum absolute atomic E-state index is 6.05. The SMILES string of the molecule is Clc1cccc(Cl)c1Cc1cccnn1. The lowest BCUT2D eigenvalue weighted by Gasteiger charge is -2.05. The van der Waals surface area contributed by atoms with Crippen molar-refractivity contribution in [3.05, 3.63) is 57.8 Å². The Kier molecular flexibility index (Phi) is 3.19.